The van der Waals surface area contributed by atoms with Gasteiger partial charge in [-0.2, -0.15) is 0 Å². The van der Waals surface area contributed by atoms with Gasteiger partial charge in [-0.1, -0.05) is 11.6 Å². The van der Waals surface area contributed by atoms with Crippen LogP contribution in [0, 0.1) is 12.8 Å². The third kappa shape index (κ3) is 3.36. The van der Waals surface area contributed by atoms with Gasteiger partial charge in [0, 0.05) is 29.4 Å². The van der Waals surface area contributed by atoms with Crippen molar-refractivity contribution in [2.75, 3.05) is 26.3 Å². The van der Waals surface area contributed by atoms with Gasteiger partial charge in [0.1, 0.15) is 0 Å². The Morgan fingerprint density at radius 1 is 1.20 bits per heavy atom. The topological polar surface area (TPSA) is 51.7 Å². The predicted molar refractivity (Wildman–Crippen MR) is 95.8 cm³/mol. The average Bonchev–Trinajstić information content (AvgIpc) is 3.16. The first-order valence-corrected chi connectivity index (χ1v) is 9.09. The van der Waals surface area contributed by atoms with Crippen LogP contribution in [-0.2, 0) is 9.47 Å². The summed E-state index contributed by atoms with van der Waals surface area (Å²) in [6.07, 6.45) is 1.72. The molecular weight excluding hydrogens is 340 g/mol. The van der Waals surface area contributed by atoms with E-state index in [-0.39, 0.29) is 12.2 Å². The number of pyridine rings is 1. The molecule has 0 N–H and O–H groups in total. The zero-order valence-corrected chi connectivity index (χ0v) is 15.0. The molecule has 5 nitrogen and oxygen atoms in total. The van der Waals surface area contributed by atoms with Crippen molar-refractivity contribution in [3.05, 3.63) is 40.5 Å². The molecule has 132 valence electrons. The second-order valence-electron chi connectivity index (χ2n) is 6.70. The van der Waals surface area contributed by atoms with Crippen LogP contribution in [0.3, 0.4) is 0 Å². The summed E-state index contributed by atoms with van der Waals surface area (Å²) < 4.78 is 11.2. The SMILES string of the molecule is Cc1nc2ccc(Cl)cc2cc1C(=O)N1CCC(C2OCCO2)CC1. The molecule has 25 heavy (non-hydrogen) atoms. The second kappa shape index (κ2) is 6.90. The third-order valence-electron chi connectivity index (χ3n) is 5.06. The summed E-state index contributed by atoms with van der Waals surface area (Å²) in [5.74, 6) is 0.416. The van der Waals surface area contributed by atoms with E-state index in [4.69, 9.17) is 21.1 Å². The Hall–Kier alpha value is -1.69. The van der Waals surface area contributed by atoms with Crippen molar-refractivity contribution in [2.45, 2.75) is 26.1 Å². The number of nitrogens with zero attached hydrogens (tertiary/aromatic N) is 2. The molecule has 0 bridgehead atoms. The Kier molecular flexibility index (Phi) is 4.63. The highest BCUT2D eigenvalue weighted by molar-refractivity contribution is 6.31. The van der Waals surface area contributed by atoms with E-state index < -0.39 is 0 Å². The summed E-state index contributed by atoms with van der Waals surface area (Å²) in [5, 5.41) is 1.54. The maximum absolute atomic E-state index is 13.0. The normalized spacial score (nSPS) is 19.7. The van der Waals surface area contributed by atoms with Crippen LogP contribution in [0.15, 0.2) is 24.3 Å². The van der Waals surface area contributed by atoms with Gasteiger partial charge in [-0.3, -0.25) is 9.78 Å². The zero-order chi connectivity index (χ0) is 17.4. The van der Waals surface area contributed by atoms with Gasteiger partial charge in [-0.25, -0.2) is 0 Å². The van der Waals surface area contributed by atoms with Gasteiger partial charge in [0.2, 0.25) is 0 Å². The fourth-order valence-electron chi connectivity index (χ4n) is 3.65. The van der Waals surface area contributed by atoms with E-state index >= 15 is 0 Å². The Bertz CT molecular complexity index is 797. The number of amides is 1. The summed E-state index contributed by atoms with van der Waals surface area (Å²) in [7, 11) is 0. The Labute approximate surface area is 151 Å². The number of hydrogen-bond acceptors (Lipinski definition) is 4. The van der Waals surface area contributed by atoms with E-state index in [0.29, 0.717) is 29.7 Å². The van der Waals surface area contributed by atoms with Crippen LogP contribution in [0.4, 0.5) is 0 Å². The molecule has 2 fully saturated rings. The van der Waals surface area contributed by atoms with Crippen molar-refractivity contribution in [3.8, 4) is 0 Å². The van der Waals surface area contributed by atoms with Gasteiger partial charge >= 0.3 is 0 Å². The van der Waals surface area contributed by atoms with E-state index in [1.165, 1.54) is 0 Å². The first-order chi connectivity index (χ1) is 12.1. The highest BCUT2D eigenvalue weighted by Crippen LogP contribution is 2.27. The van der Waals surface area contributed by atoms with Crippen LogP contribution in [-0.4, -0.2) is 48.4 Å². The molecule has 0 unspecified atom stereocenters. The van der Waals surface area contributed by atoms with Crippen LogP contribution < -0.4 is 0 Å². The van der Waals surface area contributed by atoms with Crippen LogP contribution in [0.1, 0.15) is 28.9 Å². The third-order valence-corrected chi connectivity index (χ3v) is 5.29. The van der Waals surface area contributed by atoms with Gasteiger partial charge < -0.3 is 14.4 Å². The van der Waals surface area contributed by atoms with Crippen molar-refractivity contribution < 1.29 is 14.3 Å². The zero-order valence-electron chi connectivity index (χ0n) is 14.2. The molecule has 0 radical (unpaired) electrons. The Morgan fingerprint density at radius 2 is 1.92 bits per heavy atom. The van der Waals surface area contributed by atoms with E-state index in [1.54, 1.807) is 0 Å². The van der Waals surface area contributed by atoms with Crippen LogP contribution in [0.5, 0.6) is 0 Å². The van der Waals surface area contributed by atoms with E-state index in [2.05, 4.69) is 4.98 Å². The van der Waals surface area contributed by atoms with Gasteiger partial charge in [0.05, 0.1) is 30.0 Å². The maximum atomic E-state index is 13.0. The van der Waals surface area contributed by atoms with Crippen LogP contribution in [0.2, 0.25) is 5.02 Å². The van der Waals surface area contributed by atoms with Crippen molar-refractivity contribution in [1.82, 2.24) is 9.88 Å². The molecule has 2 saturated heterocycles. The van der Waals surface area contributed by atoms with Crippen molar-refractivity contribution in [1.29, 1.82) is 0 Å². The van der Waals surface area contributed by atoms with E-state index in [1.807, 2.05) is 36.1 Å². The van der Waals surface area contributed by atoms with Crippen molar-refractivity contribution in [3.63, 3.8) is 0 Å². The molecular formula is C19H21ClN2O3. The van der Waals surface area contributed by atoms with Gasteiger partial charge in [0.15, 0.2) is 6.29 Å². The molecule has 3 heterocycles. The monoisotopic (exact) mass is 360 g/mol. The Morgan fingerprint density at radius 3 is 2.64 bits per heavy atom. The molecule has 4 rings (SSSR count). The number of likely N-dealkylation sites (tertiary alicyclic amines) is 1. The predicted octanol–water partition coefficient (Wildman–Crippen LogP) is 3.42. The number of hydrogen-bond donors (Lipinski definition) is 0. The number of piperidine rings is 1. The average molecular weight is 361 g/mol. The smallest absolute Gasteiger partial charge is 0.255 e. The first-order valence-electron chi connectivity index (χ1n) is 8.71. The number of carbonyl (C=O) groups is 1. The number of aromatic nitrogens is 1. The fraction of sp³-hybridized carbons (Fsp3) is 0.474. The molecule has 0 saturated carbocycles. The second-order valence-corrected chi connectivity index (χ2v) is 7.13. The van der Waals surface area contributed by atoms with Crippen molar-refractivity contribution >= 4 is 28.4 Å². The number of ether oxygens (including phenoxy) is 2. The molecule has 2 aliphatic heterocycles. The molecule has 0 spiro atoms. The van der Waals surface area contributed by atoms with Gasteiger partial charge in [0.25, 0.3) is 5.91 Å². The molecule has 1 amide bonds. The summed E-state index contributed by atoms with van der Waals surface area (Å²) >= 11 is 6.07. The minimum absolute atomic E-state index is 0.0404. The number of fused-ring (bicyclic) bond motifs is 1. The maximum Gasteiger partial charge on any atom is 0.255 e. The molecule has 1 aromatic carbocycles. The lowest BCUT2D eigenvalue weighted by atomic mass is 9.95. The number of benzene rings is 1. The summed E-state index contributed by atoms with van der Waals surface area (Å²) in [6.45, 7) is 4.68. The highest BCUT2D eigenvalue weighted by atomic mass is 35.5. The minimum Gasteiger partial charge on any atom is -0.350 e. The fourth-order valence-corrected chi connectivity index (χ4v) is 3.83. The number of rotatable bonds is 2. The number of halogens is 1. The lowest BCUT2D eigenvalue weighted by Gasteiger charge is -2.34. The van der Waals surface area contributed by atoms with E-state index in [9.17, 15) is 4.79 Å². The standard InChI is InChI=1S/C19H21ClN2O3/c1-12-16(11-14-10-15(20)2-3-17(14)21-12)18(23)22-6-4-13(5-7-22)19-24-8-9-25-19/h2-3,10-11,13,19H,4-9H2,1H3. The minimum atomic E-state index is -0.0940. The molecule has 6 heteroatoms. The number of aryl methyl sites for hydroxylation is 1. The lowest BCUT2D eigenvalue weighted by molar-refractivity contribution is -0.0956. The first kappa shape index (κ1) is 16.8. The van der Waals surface area contributed by atoms with Gasteiger partial charge in [-0.15, -0.1) is 0 Å². The lowest BCUT2D eigenvalue weighted by Crippen LogP contribution is -2.41. The van der Waals surface area contributed by atoms with E-state index in [0.717, 1.165) is 42.5 Å². The molecule has 1 aromatic heterocycles. The molecule has 0 aliphatic carbocycles. The summed E-state index contributed by atoms with van der Waals surface area (Å²) in [5.41, 5.74) is 2.26. The van der Waals surface area contributed by atoms with Crippen molar-refractivity contribution in [2.24, 2.45) is 5.92 Å². The summed E-state index contributed by atoms with van der Waals surface area (Å²) in [4.78, 5) is 19.4. The largest absolute Gasteiger partial charge is 0.350 e. The quantitative estimate of drug-likeness (QED) is 0.823. The highest BCUT2D eigenvalue weighted by Gasteiger charge is 2.32. The van der Waals surface area contributed by atoms with Gasteiger partial charge in [-0.05, 0) is 44.0 Å². The van der Waals surface area contributed by atoms with Crippen LogP contribution in [0.25, 0.3) is 10.9 Å². The Balaban J connectivity index is 1.51. The molecule has 0 atom stereocenters. The summed E-state index contributed by atoms with van der Waals surface area (Å²) in [6, 6.07) is 7.45. The number of carbonyl (C=O) groups excluding carboxylic acids is 1. The molecule has 2 aromatic rings. The molecule has 2 aliphatic rings. The van der Waals surface area contributed by atoms with Crippen LogP contribution >= 0.6 is 11.6 Å².